The molecule has 94 valence electrons. The van der Waals surface area contributed by atoms with Crippen molar-refractivity contribution in [3.63, 3.8) is 0 Å². The largest absolute Gasteiger partial charge is 0.352 e. The lowest BCUT2D eigenvalue weighted by atomic mass is 10.0. The fourth-order valence-electron chi connectivity index (χ4n) is 2.77. The molecule has 0 radical (unpaired) electrons. The van der Waals surface area contributed by atoms with E-state index in [1.165, 1.54) is 30.0 Å². The minimum absolute atomic E-state index is 0.581. The number of pyridine rings is 1. The smallest absolute Gasteiger partial charge is 0.136 e. The molecule has 3 heteroatoms. The molecule has 1 unspecified atom stereocenters. The van der Waals surface area contributed by atoms with Crippen molar-refractivity contribution in [2.75, 3.05) is 16.8 Å². The van der Waals surface area contributed by atoms with Crippen LogP contribution in [0.25, 0.3) is 10.8 Å². The molecule has 1 aromatic carbocycles. The normalized spacial score (nSPS) is 20.3. The molecule has 0 saturated carbocycles. The van der Waals surface area contributed by atoms with Gasteiger partial charge < -0.3 is 4.90 Å². The van der Waals surface area contributed by atoms with Crippen LogP contribution in [-0.4, -0.2) is 22.9 Å². The number of fused-ring (bicyclic) bond motifs is 1. The fourth-order valence-corrected chi connectivity index (χ4v) is 3.45. The summed E-state index contributed by atoms with van der Waals surface area (Å²) < 4.78 is 0. The Labute approximate surface area is 116 Å². The summed E-state index contributed by atoms with van der Waals surface area (Å²) in [5.41, 5.74) is 0. The average molecular weight is 305 g/mol. The topological polar surface area (TPSA) is 16.1 Å². The molecular formula is C15H17BrN2. The summed E-state index contributed by atoms with van der Waals surface area (Å²) in [6, 6.07) is 11.2. The molecule has 1 saturated heterocycles. The summed E-state index contributed by atoms with van der Waals surface area (Å²) in [5.74, 6) is 1.15. The highest BCUT2D eigenvalue weighted by atomic mass is 79.9. The third kappa shape index (κ3) is 2.12. The third-order valence-electron chi connectivity index (χ3n) is 3.73. The summed E-state index contributed by atoms with van der Waals surface area (Å²) in [6.45, 7) is 1.12. The highest BCUT2D eigenvalue weighted by Gasteiger charge is 2.23. The van der Waals surface area contributed by atoms with Gasteiger partial charge in [0.15, 0.2) is 0 Å². The molecular weight excluding hydrogens is 288 g/mol. The highest BCUT2D eigenvalue weighted by Crippen LogP contribution is 2.30. The van der Waals surface area contributed by atoms with Gasteiger partial charge in [-0.3, -0.25) is 0 Å². The monoisotopic (exact) mass is 304 g/mol. The molecule has 2 aromatic rings. The number of piperidine rings is 1. The van der Waals surface area contributed by atoms with Crippen LogP contribution >= 0.6 is 15.9 Å². The van der Waals surface area contributed by atoms with Gasteiger partial charge in [-0.05, 0) is 30.7 Å². The Kier molecular flexibility index (Phi) is 3.50. The first kappa shape index (κ1) is 12.0. The number of halogens is 1. The third-order valence-corrected chi connectivity index (χ3v) is 4.48. The number of hydrogen-bond acceptors (Lipinski definition) is 2. The molecule has 2 heterocycles. The van der Waals surface area contributed by atoms with Crippen molar-refractivity contribution >= 4 is 32.5 Å². The quantitative estimate of drug-likeness (QED) is 0.780. The summed E-state index contributed by atoms with van der Waals surface area (Å²) in [4.78, 5) is 7.11. The summed E-state index contributed by atoms with van der Waals surface area (Å²) in [5, 5.41) is 3.58. The number of benzene rings is 1. The van der Waals surface area contributed by atoms with Gasteiger partial charge >= 0.3 is 0 Å². The lowest BCUT2D eigenvalue weighted by Crippen LogP contribution is -2.41. The molecule has 1 fully saturated rings. The SMILES string of the molecule is BrCC1CCCCN1c1nccc2ccccc12. The van der Waals surface area contributed by atoms with E-state index in [4.69, 9.17) is 0 Å². The van der Waals surface area contributed by atoms with Crippen LogP contribution < -0.4 is 4.90 Å². The van der Waals surface area contributed by atoms with E-state index in [1.54, 1.807) is 0 Å². The van der Waals surface area contributed by atoms with Crippen molar-refractivity contribution in [3.8, 4) is 0 Å². The van der Waals surface area contributed by atoms with E-state index in [2.05, 4.69) is 56.1 Å². The van der Waals surface area contributed by atoms with E-state index >= 15 is 0 Å². The van der Waals surface area contributed by atoms with Crippen molar-refractivity contribution in [2.45, 2.75) is 25.3 Å². The van der Waals surface area contributed by atoms with Crippen LogP contribution in [0, 0.1) is 0 Å². The Bertz CT molecular complexity index is 536. The zero-order valence-electron chi connectivity index (χ0n) is 10.3. The van der Waals surface area contributed by atoms with E-state index < -0.39 is 0 Å². The lowest BCUT2D eigenvalue weighted by Gasteiger charge is -2.36. The van der Waals surface area contributed by atoms with E-state index in [-0.39, 0.29) is 0 Å². The summed E-state index contributed by atoms with van der Waals surface area (Å²) >= 11 is 3.64. The predicted octanol–water partition coefficient (Wildman–Crippen LogP) is 3.99. The van der Waals surface area contributed by atoms with Gasteiger partial charge in [-0.25, -0.2) is 4.98 Å². The summed E-state index contributed by atoms with van der Waals surface area (Å²) in [6.07, 6.45) is 5.79. The molecule has 0 bridgehead atoms. The van der Waals surface area contributed by atoms with Gasteiger partial charge in [0.2, 0.25) is 0 Å². The first-order valence-electron chi connectivity index (χ1n) is 6.56. The van der Waals surface area contributed by atoms with Crippen molar-refractivity contribution in [1.82, 2.24) is 4.98 Å². The molecule has 1 aliphatic rings. The number of hydrogen-bond donors (Lipinski definition) is 0. The number of anilines is 1. The number of alkyl halides is 1. The average Bonchev–Trinajstić information content (AvgIpc) is 2.46. The Morgan fingerprint density at radius 3 is 3.00 bits per heavy atom. The van der Waals surface area contributed by atoms with E-state index in [1.807, 2.05) is 6.20 Å². The second-order valence-electron chi connectivity index (χ2n) is 4.85. The molecule has 2 nitrogen and oxygen atoms in total. The van der Waals surface area contributed by atoms with E-state index in [0.717, 1.165) is 17.7 Å². The fraction of sp³-hybridized carbons (Fsp3) is 0.400. The maximum atomic E-state index is 4.63. The predicted molar refractivity (Wildman–Crippen MR) is 80.5 cm³/mol. The molecule has 1 aromatic heterocycles. The Balaban J connectivity index is 2.07. The molecule has 1 atom stereocenters. The van der Waals surface area contributed by atoms with Gasteiger partial charge in [0.05, 0.1) is 0 Å². The van der Waals surface area contributed by atoms with E-state index in [0.29, 0.717) is 6.04 Å². The standard InChI is InChI=1S/C15H17BrN2/c16-11-13-6-3-4-10-18(13)15-14-7-2-1-5-12(14)8-9-17-15/h1-2,5,7-9,13H,3-4,6,10-11H2. The molecule has 0 spiro atoms. The number of nitrogens with zero attached hydrogens (tertiary/aromatic N) is 2. The van der Waals surface area contributed by atoms with Crippen molar-refractivity contribution in [2.24, 2.45) is 0 Å². The van der Waals surface area contributed by atoms with Crippen molar-refractivity contribution in [3.05, 3.63) is 36.5 Å². The van der Waals surface area contributed by atoms with Gasteiger partial charge in [0.1, 0.15) is 5.82 Å². The van der Waals surface area contributed by atoms with Gasteiger partial charge in [-0.1, -0.05) is 40.2 Å². The second kappa shape index (κ2) is 5.27. The van der Waals surface area contributed by atoms with Crippen molar-refractivity contribution in [1.29, 1.82) is 0 Å². The maximum absolute atomic E-state index is 4.63. The molecule has 1 aliphatic heterocycles. The van der Waals surface area contributed by atoms with Crippen LogP contribution in [0.2, 0.25) is 0 Å². The van der Waals surface area contributed by atoms with Crippen molar-refractivity contribution < 1.29 is 0 Å². The number of aromatic nitrogens is 1. The van der Waals surface area contributed by atoms with Crippen LogP contribution in [0.1, 0.15) is 19.3 Å². The van der Waals surface area contributed by atoms with Gasteiger partial charge in [0, 0.05) is 29.5 Å². The maximum Gasteiger partial charge on any atom is 0.136 e. The second-order valence-corrected chi connectivity index (χ2v) is 5.50. The van der Waals surface area contributed by atoms with Crippen LogP contribution in [0.5, 0.6) is 0 Å². The highest BCUT2D eigenvalue weighted by molar-refractivity contribution is 9.09. The van der Waals surface area contributed by atoms with Crippen LogP contribution in [0.3, 0.4) is 0 Å². The minimum atomic E-state index is 0.581. The Morgan fingerprint density at radius 2 is 2.11 bits per heavy atom. The first-order valence-corrected chi connectivity index (χ1v) is 7.68. The summed E-state index contributed by atoms with van der Waals surface area (Å²) in [7, 11) is 0. The Hall–Kier alpha value is -1.09. The lowest BCUT2D eigenvalue weighted by molar-refractivity contribution is 0.489. The van der Waals surface area contributed by atoms with Crippen LogP contribution in [-0.2, 0) is 0 Å². The van der Waals surface area contributed by atoms with Crippen LogP contribution in [0.4, 0.5) is 5.82 Å². The Morgan fingerprint density at radius 1 is 1.22 bits per heavy atom. The van der Waals surface area contributed by atoms with E-state index in [9.17, 15) is 0 Å². The molecule has 0 amide bonds. The van der Waals surface area contributed by atoms with Gasteiger partial charge in [0.25, 0.3) is 0 Å². The zero-order valence-corrected chi connectivity index (χ0v) is 11.9. The van der Waals surface area contributed by atoms with Crippen LogP contribution in [0.15, 0.2) is 36.5 Å². The van der Waals surface area contributed by atoms with Gasteiger partial charge in [-0.15, -0.1) is 0 Å². The first-order chi connectivity index (χ1) is 8.90. The zero-order chi connectivity index (χ0) is 12.4. The molecule has 0 N–H and O–H groups in total. The van der Waals surface area contributed by atoms with Gasteiger partial charge in [-0.2, -0.15) is 0 Å². The number of rotatable bonds is 2. The molecule has 3 rings (SSSR count). The molecule has 18 heavy (non-hydrogen) atoms. The molecule has 0 aliphatic carbocycles. The minimum Gasteiger partial charge on any atom is -0.352 e.